The number of halogens is 1. The topological polar surface area (TPSA) is 115 Å². The van der Waals surface area contributed by atoms with Gasteiger partial charge in [0, 0.05) is 9.86 Å². The van der Waals surface area contributed by atoms with E-state index >= 15 is 0 Å². The molecule has 1 heterocycles. The predicted octanol–water partition coefficient (Wildman–Crippen LogP) is 4.33. The Hall–Kier alpha value is -2.72. The van der Waals surface area contributed by atoms with E-state index in [4.69, 9.17) is 0 Å². The first kappa shape index (κ1) is 21.0. The summed E-state index contributed by atoms with van der Waals surface area (Å²) < 4.78 is 26.3. The fraction of sp³-hybridized carbons (Fsp3) is 0.211. The summed E-state index contributed by atoms with van der Waals surface area (Å²) in [6.45, 7) is 3.17. The summed E-state index contributed by atoms with van der Waals surface area (Å²) >= 11 is 3.34. The summed E-state index contributed by atoms with van der Waals surface area (Å²) in [6, 6.07) is 10.5. The van der Waals surface area contributed by atoms with Crippen molar-refractivity contribution < 1.29 is 18.3 Å². The lowest BCUT2D eigenvalue weighted by atomic mass is 10.1. The zero-order valence-corrected chi connectivity index (χ0v) is 18.4. The van der Waals surface area contributed by atoms with Gasteiger partial charge < -0.3 is 10.1 Å². The van der Waals surface area contributed by atoms with Crippen LogP contribution in [0.15, 0.2) is 51.1 Å². The number of anilines is 1. The van der Waals surface area contributed by atoms with E-state index in [9.17, 15) is 18.3 Å². The maximum Gasteiger partial charge on any atom is 0.285 e. The van der Waals surface area contributed by atoms with Crippen molar-refractivity contribution in [2.75, 3.05) is 17.1 Å². The van der Waals surface area contributed by atoms with Gasteiger partial charge >= 0.3 is 0 Å². The van der Waals surface area contributed by atoms with Crippen molar-refractivity contribution in [1.82, 2.24) is 4.98 Å². The quantitative estimate of drug-likeness (QED) is 0.530. The molecule has 2 aromatic carbocycles. The number of H-pyrrole nitrogens is 1. The molecule has 0 unspecified atom stereocenters. The fourth-order valence-electron chi connectivity index (χ4n) is 2.96. The molecule has 0 radical (unpaired) electrons. The Labute approximate surface area is 176 Å². The van der Waals surface area contributed by atoms with Gasteiger partial charge in [-0.2, -0.15) is 0 Å². The van der Waals surface area contributed by atoms with Gasteiger partial charge in [0.15, 0.2) is 5.69 Å². The van der Waals surface area contributed by atoms with E-state index < -0.39 is 22.5 Å². The second-order valence-electron chi connectivity index (χ2n) is 6.67. The Bertz CT molecular complexity index is 1230. The summed E-state index contributed by atoms with van der Waals surface area (Å²) in [5.74, 6) is -0.997. The molecule has 0 saturated carbocycles. The standard InChI is InChI=1S/C19H19BrN4O4S/c1-11-4-7-16(12(2)8-11)24(29(3,27)28)10-17(25)22-23-18-14-9-13(20)5-6-15(14)21-19(18)26/h4-9,21,26H,10H2,1-3H3. The monoisotopic (exact) mass is 478 g/mol. The lowest BCUT2D eigenvalue weighted by Gasteiger charge is -2.22. The van der Waals surface area contributed by atoms with E-state index in [-0.39, 0.29) is 11.6 Å². The smallest absolute Gasteiger partial charge is 0.285 e. The largest absolute Gasteiger partial charge is 0.493 e. The van der Waals surface area contributed by atoms with Gasteiger partial charge in [0.25, 0.3) is 5.91 Å². The molecule has 2 N–H and O–H groups in total. The highest BCUT2D eigenvalue weighted by Crippen LogP contribution is 2.36. The normalized spacial score (nSPS) is 12.0. The first-order valence-corrected chi connectivity index (χ1v) is 11.2. The first-order valence-electron chi connectivity index (χ1n) is 8.56. The van der Waals surface area contributed by atoms with Crippen LogP contribution in [0.2, 0.25) is 0 Å². The third-order valence-electron chi connectivity index (χ3n) is 4.28. The van der Waals surface area contributed by atoms with Crippen molar-refractivity contribution in [3.05, 3.63) is 52.0 Å². The number of aromatic nitrogens is 1. The third kappa shape index (κ3) is 4.65. The molecule has 0 aliphatic rings. The molecule has 29 heavy (non-hydrogen) atoms. The molecule has 1 amide bonds. The number of benzene rings is 2. The minimum Gasteiger partial charge on any atom is -0.493 e. The summed E-state index contributed by atoms with van der Waals surface area (Å²) in [7, 11) is -3.72. The van der Waals surface area contributed by atoms with Crippen molar-refractivity contribution in [1.29, 1.82) is 0 Å². The Kier molecular flexibility index (Phi) is 5.76. The molecule has 0 saturated heterocycles. The number of nitrogens with zero attached hydrogens (tertiary/aromatic N) is 3. The van der Waals surface area contributed by atoms with Crippen LogP contribution in [-0.4, -0.2) is 37.2 Å². The summed E-state index contributed by atoms with van der Waals surface area (Å²) in [5.41, 5.74) is 2.83. The van der Waals surface area contributed by atoms with Crippen LogP contribution in [0.5, 0.6) is 5.88 Å². The van der Waals surface area contributed by atoms with Gasteiger partial charge in [-0.25, -0.2) is 8.42 Å². The second kappa shape index (κ2) is 7.96. The lowest BCUT2D eigenvalue weighted by Crippen LogP contribution is -2.34. The van der Waals surface area contributed by atoms with Crippen LogP contribution < -0.4 is 4.31 Å². The van der Waals surface area contributed by atoms with Crippen LogP contribution in [0.25, 0.3) is 10.9 Å². The van der Waals surface area contributed by atoms with Gasteiger partial charge in [0.05, 0.1) is 17.5 Å². The molecule has 1 aromatic heterocycles. The summed E-state index contributed by atoms with van der Waals surface area (Å²) in [6.07, 6.45) is 1.03. The molecule has 8 nitrogen and oxygen atoms in total. The summed E-state index contributed by atoms with van der Waals surface area (Å²) in [4.78, 5) is 15.1. The van der Waals surface area contributed by atoms with Gasteiger partial charge in [-0.05, 0) is 43.7 Å². The molecule has 0 aliphatic heterocycles. The van der Waals surface area contributed by atoms with Crippen LogP contribution in [0, 0.1) is 13.8 Å². The van der Waals surface area contributed by atoms with E-state index in [0.29, 0.717) is 16.6 Å². The number of amides is 1. The fourth-order valence-corrected chi connectivity index (χ4v) is 4.23. The number of carbonyl (C=O) groups is 1. The number of hydrogen-bond acceptors (Lipinski definition) is 5. The van der Waals surface area contributed by atoms with Gasteiger partial charge in [-0.1, -0.05) is 33.6 Å². The van der Waals surface area contributed by atoms with Gasteiger partial charge in [0.1, 0.15) is 6.54 Å². The molecule has 0 bridgehead atoms. The molecular formula is C19H19BrN4O4S. The molecular weight excluding hydrogens is 460 g/mol. The predicted molar refractivity (Wildman–Crippen MR) is 115 cm³/mol. The average Bonchev–Trinajstić information content (AvgIpc) is 2.92. The minimum absolute atomic E-state index is 0.104. The number of aromatic hydroxyl groups is 1. The van der Waals surface area contributed by atoms with Gasteiger partial charge in [-0.3, -0.25) is 9.10 Å². The maximum absolute atomic E-state index is 12.4. The molecule has 0 fully saturated rings. The zero-order valence-electron chi connectivity index (χ0n) is 16.0. The molecule has 0 aliphatic carbocycles. The molecule has 0 atom stereocenters. The van der Waals surface area contributed by atoms with Crippen LogP contribution in [0.1, 0.15) is 11.1 Å². The molecule has 152 valence electrons. The number of hydrogen-bond donors (Lipinski definition) is 2. The lowest BCUT2D eigenvalue weighted by molar-refractivity contribution is -0.116. The summed E-state index contributed by atoms with van der Waals surface area (Å²) in [5, 5.41) is 18.1. The number of rotatable bonds is 5. The Balaban J connectivity index is 1.90. The van der Waals surface area contributed by atoms with Crippen molar-refractivity contribution in [3.8, 4) is 5.88 Å². The van der Waals surface area contributed by atoms with E-state index in [1.165, 1.54) is 0 Å². The first-order chi connectivity index (χ1) is 13.6. The van der Waals surface area contributed by atoms with Crippen LogP contribution in [0.4, 0.5) is 11.4 Å². The van der Waals surface area contributed by atoms with Crippen molar-refractivity contribution in [2.24, 2.45) is 10.2 Å². The van der Waals surface area contributed by atoms with Crippen molar-refractivity contribution >= 4 is 54.1 Å². The minimum atomic E-state index is -3.72. The second-order valence-corrected chi connectivity index (χ2v) is 9.49. The zero-order chi connectivity index (χ0) is 21.3. The van der Waals surface area contributed by atoms with E-state index in [1.807, 2.05) is 13.0 Å². The number of sulfonamides is 1. The number of aromatic amines is 1. The van der Waals surface area contributed by atoms with Gasteiger partial charge in [0.2, 0.25) is 15.9 Å². The van der Waals surface area contributed by atoms with E-state index in [2.05, 4.69) is 31.1 Å². The Morgan fingerprint density at radius 1 is 1.21 bits per heavy atom. The number of fused-ring (bicyclic) bond motifs is 1. The van der Waals surface area contributed by atoms with Crippen LogP contribution in [0.3, 0.4) is 0 Å². The maximum atomic E-state index is 12.4. The average molecular weight is 479 g/mol. The number of azo groups is 1. The highest BCUT2D eigenvalue weighted by molar-refractivity contribution is 9.10. The number of aryl methyl sites for hydroxylation is 2. The number of nitrogens with one attached hydrogen (secondary N) is 1. The van der Waals surface area contributed by atoms with E-state index in [1.54, 1.807) is 37.3 Å². The van der Waals surface area contributed by atoms with Crippen LogP contribution in [-0.2, 0) is 14.8 Å². The SMILES string of the molecule is Cc1ccc(N(CC(=O)N=Nc2c(O)[nH]c3ccc(Br)cc23)S(C)(=O)=O)c(C)c1. The van der Waals surface area contributed by atoms with Crippen LogP contribution >= 0.6 is 15.9 Å². The number of carbonyl (C=O) groups excluding carboxylic acids is 1. The van der Waals surface area contributed by atoms with E-state index in [0.717, 1.165) is 26.2 Å². The third-order valence-corrected chi connectivity index (χ3v) is 5.90. The molecule has 10 heteroatoms. The van der Waals surface area contributed by atoms with Crippen molar-refractivity contribution in [3.63, 3.8) is 0 Å². The highest BCUT2D eigenvalue weighted by atomic mass is 79.9. The highest BCUT2D eigenvalue weighted by Gasteiger charge is 2.22. The molecule has 0 spiro atoms. The molecule has 3 rings (SSSR count). The Morgan fingerprint density at radius 3 is 2.59 bits per heavy atom. The van der Waals surface area contributed by atoms with Gasteiger partial charge in [-0.15, -0.1) is 10.2 Å². The Morgan fingerprint density at radius 2 is 1.93 bits per heavy atom. The van der Waals surface area contributed by atoms with Crippen molar-refractivity contribution in [2.45, 2.75) is 13.8 Å². The molecule has 3 aromatic rings.